The molecular weight excluding hydrogens is 452 g/mol. The Kier molecular flexibility index (Phi) is 7.80. The van der Waals surface area contributed by atoms with Crippen LogP contribution >= 0.6 is 0 Å². The van der Waals surface area contributed by atoms with Crippen LogP contribution in [0.2, 0.25) is 0 Å². The molecule has 5 N–H and O–H groups in total. The highest BCUT2D eigenvalue weighted by atomic mass is 16.5. The second-order valence-corrected chi connectivity index (χ2v) is 9.10. The highest BCUT2D eigenvalue weighted by Gasteiger charge is 2.39. The fourth-order valence-corrected chi connectivity index (χ4v) is 5.05. The van der Waals surface area contributed by atoms with Crippen LogP contribution in [0.3, 0.4) is 0 Å². The Hall–Kier alpha value is -3.97. The van der Waals surface area contributed by atoms with Gasteiger partial charge in [0.1, 0.15) is 5.84 Å². The van der Waals surface area contributed by atoms with E-state index < -0.39 is 5.92 Å². The first-order valence-electron chi connectivity index (χ1n) is 12.1. The quantitative estimate of drug-likeness (QED) is 0.255. The normalized spacial score (nSPS) is 15.9. The number of methoxy groups -OCH3 is 1. The number of benzene rings is 3. The van der Waals surface area contributed by atoms with E-state index in [1.54, 1.807) is 11.0 Å². The molecule has 7 nitrogen and oxygen atoms in total. The first-order chi connectivity index (χ1) is 17.4. The van der Waals surface area contributed by atoms with Gasteiger partial charge in [-0.15, -0.1) is 0 Å². The number of amides is 1. The van der Waals surface area contributed by atoms with Gasteiger partial charge in [0, 0.05) is 30.3 Å². The molecule has 2 unspecified atom stereocenters. The van der Waals surface area contributed by atoms with E-state index in [2.05, 4.69) is 0 Å². The number of rotatable bonds is 8. The lowest BCUT2D eigenvalue weighted by molar-refractivity contribution is -0.147. The van der Waals surface area contributed by atoms with Gasteiger partial charge in [-0.05, 0) is 59.7 Å². The van der Waals surface area contributed by atoms with Gasteiger partial charge in [0.15, 0.2) is 0 Å². The summed E-state index contributed by atoms with van der Waals surface area (Å²) >= 11 is 0. The Morgan fingerprint density at radius 1 is 1.06 bits per heavy atom. The molecule has 0 saturated carbocycles. The van der Waals surface area contributed by atoms with Crippen molar-refractivity contribution in [3.05, 3.63) is 95.1 Å². The molecule has 0 bridgehead atoms. The third-order valence-electron chi connectivity index (χ3n) is 6.88. The van der Waals surface area contributed by atoms with Crippen molar-refractivity contribution in [2.45, 2.75) is 31.8 Å². The Balaban J connectivity index is 1.62. The number of carbonyl (C=O) groups excluding carboxylic acids is 2. The Labute approximate surface area is 211 Å². The lowest BCUT2D eigenvalue weighted by Gasteiger charge is -2.31. The fourth-order valence-electron chi connectivity index (χ4n) is 5.05. The van der Waals surface area contributed by atoms with Gasteiger partial charge in [-0.2, -0.15) is 0 Å². The number of likely N-dealkylation sites (tertiary alicyclic amines) is 1. The maximum atomic E-state index is 13.8. The van der Waals surface area contributed by atoms with Gasteiger partial charge in [-0.1, -0.05) is 54.6 Å². The molecule has 3 aromatic rings. The van der Waals surface area contributed by atoms with Crippen LogP contribution in [0.25, 0.3) is 11.1 Å². The predicted octanol–water partition coefficient (Wildman–Crippen LogP) is 3.73. The summed E-state index contributed by atoms with van der Waals surface area (Å²) in [4.78, 5) is 28.5. The van der Waals surface area contributed by atoms with Crippen LogP contribution in [0.15, 0.2) is 72.8 Å². The zero-order chi connectivity index (χ0) is 25.7. The predicted molar refractivity (Wildman–Crippen MR) is 140 cm³/mol. The third-order valence-corrected chi connectivity index (χ3v) is 6.88. The van der Waals surface area contributed by atoms with E-state index in [-0.39, 0.29) is 30.3 Å². The largest absolute Gasteiger partial charge is 0.469 e. The molecule has 1 fully saturated rings. The van der Waals surface area contributed by atoms with Gasteiger partial charge in [0.25, 0.3) is 5.91 Å². The Morgan fingerprint density at radius 3 is 2.53 bits per heavy atom. The maximum absolute atomic E-state index is 13.8. The van der Waals surface area contributed by atoms with E-state index in [1.807, 2.05) is 66.7 Å². The van der Waals surface area contributed by atoms with Crippen LogP contribution in [-0.4, -0.2) is 42.3 Å². The molecule has 3 aromatic carbocycles. The highest BCUT2D eigenvalue weighted by molar-refractivity contribution is 5.97. The minimum absolute atomic E-state index is 0.0302. The van der Waals surface area contributed by atoms with Gasteiger partial charge in [-0.25, -0.2) is 0 Å². The van der Waals surface area contributed by atoms with E-state index >= 15 is 0 Å². The van der Waals surface area contributed by atoms with Crippen LogP contribution in [0, 0.1) is 11.3 Å². The first kappa shape index (κ1) is 25.1. The summed E-state index contributed by atoms with van der Waals surface area (Å²) in [7, 11) is 1.37. The van der Waals surface area contributed by atoms with Gasteiger partial charge in [-0.3, -0.25) is 15.0 Å². The van der Waals surface area contributed by atoms with Crippen molar-refractivity contribution in [1.29, 1.82) is 5.41 Å². The monoisotopic (exact) mass is 484 g/mol. The summed E-state index contributed by atoms with van der Waals surface area (Å²) in [5.74, 6) is -1.04. The number of nitrogens with one attached hydrogen (secondary N) is 1. The first-order valence-corrected chi connectivity index (χ1v) is 12.1. The average molecular weight is 485 g/mol. The lowest BCUT2D eigenvalue weighted by Crippen LogP contribution is -2.44. The van der Waals surface area contributed by atoms with Crippen molar-refractivity contribution in [3.63, 3.8) is 0 Å². The zero-order valence-corrected chi connectivity index (χ0v) is 20.4. The van der Waals surface area contributed by atoms with Crippen molar-refractivity contribution in [1.82, 2.24) is 4.90 Å². The number of nitrogens with zero attached hydrogens (tertiary/aromatic N) is 1. The summed E-state index contributed by atoms with van der Waals surface area (Å²) < 4.78 is 5.15. The van der Waals surface area contributed by atoms with Crippen LogP contribution in [-0.2, 0) is 22.5 Å². The maximum Gasteiger partial charge on any atom is 0.311 e. The summed E-state index contributed by atoms with van der Waals surface area (Å²) in [6, 6.07) is 22.7. The molecule has 1 heterocycles. The highest BCUT2D eigenvalue weighted by Crippen LogP contribution is 2.31. The minimum atomic E-state index is -0.534. The number of nitrogens with two attached hydrogens (primary N) is 2. The van der Waals surface area contributed by atoms with Crippen molar-refractivity contribution < 1.29 is 14.3 Å². The van der Waals surface area contributed by atoms with Crippen molar-refractivity contribution in [2.24, 2.45) is 17.4 Å². The molecule has 0 aromatic heterocycles. The van der Waals surface area contributed by atoms with E-state index in [4.69, 9.17) is 21.6 Å². The molecule has 36 heavy (non-hydrogen) atoms. The van der Waals surface area contributed by atoms with Crippen LogP contribution in [0.4, 0.5) is 0 Å². The van der Waals surface area contributed by atoms with Crippen LogP contribution in [0.5, 0.6) is 0 Å². The number of nitrogen functional groups attached to an aromatic ring is 1. The molecule has 2 atom stereocenters. The minimum Gasteiger partial charge on any atom is -0.469 e. The smallest absolute Gasteiger partial charge is 0.311 e. The molecule has 0 spiro atoms. The van der Waals surface area contributed by atoms with Gasteiger partial charge >= 0.3 is 5.97 Å². The number of esters is 1. The molecule has 4 rings (SSSR count). The van der Waals surface area contributed by atoms with Crippen LogP contribution in [0.1, 0.15) is 39.9 Å². The molecule has 1 amide bonds. The molecule has 7 heteroatoms. The van der Waals surface area contributed by atoms with E-state index in [0.717, 1.165) is 28.7 Å². The molecular formula is C29H32N4O3. The van der Waals surface area contributed by atoms with Gasteiger partial charge in [0.05, 0.1) is 13.0 Å². The molecule has 0 radical (unpaired) electrons. The number of amidine groups is 1. The summed E-state index contributed by atoms with van der Waals surface area (Å²) in [6.45, 7) is 0.799. The zero-order valence-electron chi connectivity index (χ0n) is 20.4. The fraction of sp³-hybridized carbons (Fsp3) is 0.276. The summed E-state index contributed by atoms with van der Waals surface area (Å²) in [5.41, 5.74) is 16.6. The second-order valence-electron chi connectivity index (χ2n) is 9.10. The second kappa shape index (κ2) is 11.2. The molecule has 1 aliphatic rings. The van der Waals surface area contributed by atoms with Crippen molar-refractivity contribution in [3.8, 4) is 11.1 Å². The van der Waals surface area contributed by atoms with Gasteiger partial charge < -0.3 is 21.1 Å². The molecule has 186 valence electrons. The number of carbonyl (C=O) groups is 2. The molecule has 1 saturated heterocycles. The van der Waals surface area contributed by atoms with Crippen LogP contribution < -0.4 is 11.5 Å². The SMILES string of the molecule is COC(=O)C(Cc1cccc(C(=N)N)c1)C1CCCN1C(=O)c1ccc(-c2ccccc2)cc1CN. The molecule has 0 aliphatic carbocycles. The molecule has 1 aliphatic heterocycles. The average Bonchev–Trinajstić information content (AvgIpc) is 3.40. The van der Waals surface area contributed by atoms with E-state index in [9.17, 15) is 9.59 Å². The van der Waals surface area contributed by atoms with E-state index in [0.29, 0.717) is 30.5 Å². The van der Waals surface area contributed by atoms with Gasteiger partial charge in [0.2, 0.25) is 0 Å². The number of hydrogen-bond acceptors (Lipinski definition) is 5. The topological polar surface area (TPSA) is 122 Å². The third kappa shape index (κ3) is 5.31. The van der Waals surface area contributed by atoms with E-state index in [1.165, 1.54) is 7.11 Å². The summed E-state index contributed by atoms with van der Waals surface area (Å²) in [5, 5.41) is 7.72. The Morgan fingerprint density at radius 2 is 1.83 bits per heavy atom. The number of ether oxygens (including phenoxy) is 1. The standard InChI is InChI=1S/C29H32N4O3/c1-36-29(35)25(16-19-7-5-10-22(15-19)27(31)32)26-11-6-14-33(26)28(34)24-13-12-21(17-23(24)18-30)20-8-3-2-4-9-20/h2-5,7-10,12-13,15,17,25-26H,6,11,14,16,18,30H2,1H3,(H3,31,32). The Bertz CT molecular complexity index is 1260. The van der Waals surface area contributed by atoms with Crippen molar-refractivity contribution >= 4 is 17.7 Å². The summed E-state index contributed by atoms with van der Waals surface area (Å²) in [6.07, 6.45) is 1.90. The lowest BCUT2D eigenvalue weighted by atomic mass is 9.89. The van der Waals surface area contributed by atoms with Crippen molar-refractivity contribution in [2.75, 3.05) is 13.7 Å². The number of hydrogen-bond donors (Lipinski definition) is 3.